The highest BCUT2D eigenvalue weighted by Gasteiger charge is 2.37. The predicted molar refractivity (Wildman–Crippen MR) is 131 cm³/mol. The fourth-order valence-corrected chi connectivity index (χ4v) is 4.54. The van der Waals surface area contributed by atoms with Crippen LogP contribution in [0.3, 0.4) is 0 Å². The molecule has 8 heteroatoms. The lowest BCUT2D eigenvalue weighted by atomic mass is 10.1. The number of benzene rings is 2. The summed E-state index contributed by atoms with van der Waals surface area (Å²) in [5.41, 5.74) is 2.53. The van der Waals surface area contributed by atoms with Gasteiger partial charge in [0.05, 0.1) is 5.69 Å². The van der Waals surface area contributed by atoms with E-state index in [0.29, 0.717) is 23.9 Å². The van der Waals surface area contributed by atoms with Crippen molar-refractivity contribution in [2.75, 3.05) is 19.6 Å². The van der Waals surface area contributed by atoms with Crippen LogP contribution in [0.15, 0.2) is 67.0 Å². The molecule has 0 unspecified atom stereocenters. The molecular formula is C27H30FN5O2. The lowest BCUT2D eigenvalue weighted by molar-refractivity contribution is -0.136. The summed E-state index contributed by atoms with van der Waals surface area (Å²) in [6.07, 6.45) is 6.94. The first-order valence-electron chi connectivity index (χ1n) is 12.3. The molecule has 2 aliphatic rings. The Hall–Kier alpha value is -3.52. The molecule has 7 nitrogen and oxygen atoms in total. The normalized spacial score (nSPS) is 19.6. The fourth-order valence-electron chi connectivity index (χ4n) is 4.54. The second-order valence-electron chi connectivity index (χ2n) is 9.30. The third-order valence-corrected chi connectivity index (χ3v) is 6.83. The number of hydrogen-bond donors (Lipinski definition) is 2. The topological polar surface area (TPSA) is 79.3 Å². The number of likely N-dealkylation sites (tertiary alicyclic amines) is 1. The number of carbonyl (C=O) groups excluding carboxylic acids is 2. The maximum absolute atomic E-state index is 13.1. The monoisotopic (exact) mass is 475 g/mol. The summed E-state index contributed by atoms with van der Waals surface area (Å²) in [5, 5.41) is 10.7. The Balaban J connectivity index is 1.13. The second kappa shape index (κ2) is 10.4. The molecular weight excluding hydrogens is 445 g/mol. The maximum atomic E-state index is 13.1. The van der Waals surface area contributed by atoms with Crippen LogP contribution in [0.5, 0.6) is 0 Å². The summed E-state index contributed by atoms with van der Waals surface area (Å²) >= 11 is 0. The van der Waals surface area contributed by atoms with Gasteiger partial charge in [-0.1, -0.05) is 12.1 Å². The number of carbonyl (C=O) groups is 2. The van der Waals surface area contributed by atoms with E-state index in [4.69, 9.17) is 0 Å². The number of nitrogens with one attached hydrogen (secondary N) is 2. The molecule has 2 heterocycles. The van der Waals surface area contributed by atoms with Gasteiger partial charge in [-0.3, -0.25) is 9.59 Å². The molecule has 1 aromatic heterocycles. The summed E-state index contributed by atoms with van der Waals surface area (Å²) < 4.78 is 14.9. The van der Waals surface area contributed by atoms with Gasteiger partial charge in [0.2, 0.25) is 5.91 Å². The van der Waals surface area contributed by atoms with E-state index in [1.165, 1.54) is 12.1 Å². The molecule has 0 spiro atoms. The van der Waals surface area contributed by atoms with Gasteiger partial charge in [-0.2, -0.15) is 5.10 Å². The Labute approximate surface area is 204 Å². The summed E-state index contributed by atoms with van der Waals surface area (Å²) in [6, 6.07) is 15.6. The summed E-state index contributed by atoms with van der Waals surface area (Å²) in [7, 11) is 0. The molecule has 2 fully saturated rings. The first kappa shape index (κ1) is 23.2. The maximum Gasteiger partial charge on any atom is 0.251 e. The van der Waals surface area contributed by atoms with E-state index in [-0.39, 0.29) is 17.6 Å². The highest BCUT2D eigenvalue weighted by atomic mass is 19.1. The van der Waals surface area contributed by atoms with Crippen molar-refractivity contribution < 1.29 is 14.0 Å². The van der Waals surface area contributed by atoms with Crippen molar-refractivity contribution in [3.63, 3.8) is 0 Å². The molecule has 5 rings (SSSR count). The summed E-state index contributed by atoms with van der Waals surface area (Å²) in [4.78, 5) is 27.7. The van der Waals surface area contributed by atoms with E-state index in [1.807, 2.05) is 41.4 Å². The van der Waals surface area contributed by atoms with Gasteiger partial charge in [0.1, 0.15) is 11.9 Å². The van der Waals surface area contributed by atoms with Crippen molar-refractivity contribution in [3.8, 4) is 5.69 Å². The van der Waals surface area contributed by atoms with E-state index < -0.39 is 6.04 Å². The van der Waals surface area contributed by atoms with Crippen LogP contribution >= 0.6 is 0 Å². The SMILES string of the molecule is O=C(N[C@@H](CCCN[C@@H]1C[C@H]1c1ccc(F)cc1)C(=O)N1CCC1)c1ccc(-n2cccn2)cc1. The standard InChI is InChI=1S/C27H30FN5O2/c28-21-9-5-19(6-10-21)23-18-25(23)29-13-1-4-24(27(35)32-15-3-16-32)31-26(34)20-7-11-22(12-8-20)33-17-2-14-30-33/h2,5-12,14,17,23-25,29H,1,3-4,13,15-16,18H2,(H,31,34)/t23-,24-,25+/m0/s1. The number of rotatable bonds is 10. The highest BCUT2D eigenvalue weighted by Crippen LogP contribution is 2.40. The number of halogens is 1. The second-order valence-corrected chi connectivity index (χ2v) is 9.30. The Bertz CT molecular complexity index is 1140. The fraction of sp³-hybridized carbons (Fsp3) is 0.370. The zero-order valence-electron chi connectivity index (χ0n) is 19.6. The Morgan fingerprint density at radius 1 is 1.09 bits per heavy atom. The smallest absolute Gasteiger partial charge is 0.251 e. The number of aromatic nitrogens is 2. The lowest BCUT2D eigenvalue weighted by Gasteiger charge is -2.34. The first-order valence-corrected chi connectivity index (χ1v) is 12.3. The van der Waals surface area contributed by atoms with Gasteiger partial charge in [0, 0.05) is 43.0 Å². The molecule has 0 radical (unpaired) electrons. The Morgan fingerprint density at radius 3 is 2.51 bits per heavy atom. The predicted octanol–water partition coefficient (Wildman–Crippen LogP) is 3.27. The molecule has 1 aliphatic carbocycles. The van der Waals surface area contributed by atoms with Crippen molar-refractivity contribution in [1.29, 1.82) is 0 Å². The molecule has 2 N–H and O–H groups in total. The Morgan fingerprint density at radius 2 is 1.86 bits per heavy atom. The largest absolute Gasteiger partial charge is 0.341 e. The lowest BCUT2D eigenvalue weighted by Crippen LogP contribution is -2.53. The zero-order valence-corrected chi connectivity index (χ0v) is 19.6. The third-order valence-electron chi connectivity index (χ3n) is 6.83. The first-order chi connectivity index (χ1) is 17.1. The van der Waals surface area contributed by atoms with Crippen molar-refractivity contribution >= 4 is 11.8 Å². The summed E-state index contributed by atoms with van der Waals surface area (Å²) in [5.74, 6) is -0.0537. The number of amides is 2. The van der Waals surface area contributed by atoms with Gasteiger partial charge < -0.3 is 15.5 Å². The Kier molecular flexibility index (Phi) is 6.90. The quantitative estimate of drug-likeness (QED) is 0.441. The van der Waals surface area contributed by atoms with E-state index in [9.17, 15) is 14.0 Å². The van der Waals surface area contributed by atoms with Crippen LogP contribution in [-0.2, 0) is 4.79 Å². The molecule has 1 saturated heterocycles. The van der Waals surface area contributed by atoms with Gasteiger partial charge in [-0.05, 0) is 80.3 Å². The van der Waals surface area contributed by atoms with Crippen molar-refractivity contribution in [2.45, 2.75) is 43.7 Å². The molecule has 2 aromatic carbocycles. The van der Waals surface area contributed by atoms with Crippen LogP contribution < -0.4 is 10.6 Å². The minimum Gasteiger partial charge on any atom is -0.341 e. The van der Waals surface area contributed by atoms with Gasteiger partial charge in [0.15, 0.2) is 0 Å². The van der Waals surface area contributed by atoms with Gasteiger partial charge >= 0.3 is 0 Å². The molecule has 3 aromatic rings. The summed E-state index contributed by atoms with van der Waals surface area (Å²) in [6.45, 7) is 2.27. The van der Waals surface area contributed by atoms with Crippen molar-refractivity contribution in [3.05, 3.63) is 83.9 Å². The average Bonchev–Trinajstić information content (AvgIpc) is 3.39. The van der Waals surface area contributed by atoms with Crippen LogP contribution in [0.2, 0.25) is 0 Å². The number of hydrogen-bond acceptors (Lipinski definition) is 4. The minimum absolute atomic E-state index is 0.00614. The molecule has 3 atom stereocenters. The van der Waals surface area contributed by atoms with Crippen LogP contribution in [0.25, 0.3) is 5.69 Å². The van der Waals surface area contributed by atoms with E-state index in [2.05, 4.69) is 15.7 Å². The number of nitrogens with zero attached hydrogens (tertiary/aromatic N) is 3. The van der Waals surface area contributed by atoms with Crippen LogP contribution in [0.1, 0.15) is 47.5 Å². The van der Waals surface area contributed by atoms with E-state index in [1.54, 1.807) is 23.0 Å². The van der Waals surface area contributed by atoms with E-state index in [0.717, 1.165) is 50.1 Å². The highest BCUT2D eigenvalue weighted by molar-refractivity contribution is 5.97. The van der Waals surface area contributed by atoms with Crippen molar-refractivity contribution in [1.82, 2.24) is 25.3 Å². The third kappa shape index (κ3) is 5.59. The van der Waals surface area contributed by atoms with Gasteiger partial charge in [-0.25, -0.2) is 9.07 Å². The van der Waals surface area contributed by atoms with Crippen LogP contribution in [0, 0.1) is 5.82 Å². The molecule has 1 aliphatic heterocycles. The van der Waals surface area contributed by atoms with Gasteiger partial charge in [0.25, 0.3) is 5.91 Å². The molecule has 182 valence electrons. The zero-order chi connectivity index (χ0) is 24.2. The van der Waals surface area contributed by atoms with Crippen molar-refractivity contribution in [2.24, 2.45) is 0 Å². The average molecular weight is 476 g/mol. The minimum atomic E-state index is -0.539. The molecule has 35 heavy (non-hydrogen) atoms. The van der Waals surface area contributed by atoms with Gasteiger partial charge in [-0.15, -0.1) is 0 Å². The molecule has 2 amide bonds. The molecule has 0 bridgehead atoms. The van der Waals surface area contributed by atoms with Crippen LogP contribution in [-0.4, -0.2) is 58.2 Å². The van der Waals surface area contributed by atoms with Crippen LogP contribution in [0.4, 0.5) is 4.39 Å². The van der Waals surface area contributed by atoms with E-state index >= 15 is 0 Å². The molecule has 1 saturated carbocycles.